The molecule has 1 heterocycles. The van der Waals surface area contributed by atoms with Crippen LogP contribution in [0.4, 0.5) is 0 Å². The lowest BCUT2D eigenvalue weighted by Gasteiger charge is -2.19. The van der Waals surface area contributed by atoms with E-state index in [9.17, 15) is 0 Å². The summed E-state index contributed by atoms with van der Waals surface area (Å²) in [5, 5.41) is 7.59. The van der Waals surface area contributed by atoms with E-state index in [0.29, 0.717) is 0 Å². The van der Waals surface area contributed by atoms with E-state index in [1.54, 1.807) is 0 Å². The van der Waals surface area contributed by atoms with Gasteiger partial charge in [-0.05, 0) is 136 Å². The molecule has 0 unspecified atom stereocenters. The van der Waals surface area contributed by atoms with E-state index >= 15 is 0 Å². The van der Waals surface area contributed by atoms with E-state index in [1.807, 2.05) is 0 Å². The molecule has 0 spiro atoms. The van der Waals surface area contributed by atoms with E-state index < -0.39 is 0 Å². The van der Waals surface area contributed by atoms with Gasteiger partial charge in [-0.25, -0.2) is 0 Å². The van der Waals surface area contributed by atoms with Crippen LogP contribution in [-0.4, -0.2) is 4.57 Å². The minimum absolute atomic E-state index is 0.0550. The number of hydrogen-bond acceptors (Lipinski definition) is 0. The van der Waals surface area contributed by atoms with E-state index in [2.05, 4.69) is 268 Å². The maximum atomic E-state index is 2.40. The maximum Gasteiger partial charge on any atom is 0.0541 e. The lowest BCUT2D eigenvalue weighted by Crippen LogP contribution is -2.10. The Bertz CT molecular complexity index is 3700. The largest absolute Gasteiger partial charge is 0.309 e. The zero-order valence-corrected chi connectivity index (χ0v) is 38.0. The number of fused-ring (bicyclic) bond motifs is 5. The molecule has 1 nitrogen and oxygen atoms in total. The predicted octanol–water partition coefficient (Wildman–Crippen LogP) is 18.4. The molecule has 12 aromatic rings. The summed E-state index contributed by atoms with van der Waals surface area (Å²) in [5.74, 6) is 0. The van der Waals surface area contributed by atoms with Gasteiger partial charge in [0.25, 0.3) is 0 Å². The average Bonchev–Trinajstić information content (AvgIpc) is 3.71. The smallest absolute Gasteiger partial charge is 0.0541 e. The first-order valence-corrected chi connectivity index (χ1v) is 23.4. The van der Waals surface area contributed by atoms with Gasteiger partial charge < -0.3 is 4.57 Å². The number of aromatic nitrogens is 1. The zero-order valence-electron chi connectivity index (χ0n) is 38.0. The molecule has 0 fully saturated rings. The van der Waals surface area contributed by atoms with Gasteiger partial charge in [-0.2, -0.15) is 0 Å². The lowest BCUT2D eigenvalue weighted by atomic mass is 9.85. The molecule has 0 aliphatic rings. The summed E-state index contributed by atoms with van der Waals surface area (Å²) in [6.45, 7) is 6.88. The van der Waals surface area contributed by atoms with E-state index in [4.69, 9.17) is 0 Å². The number of para-hydroxylation sites is 1. The van der Waals surface area contributed by atoms with Gasteiger partial charge in [0.05, 0.1) is 11.0 Å². The minimum atomic E-state index is 0.0550. The molecule has 1 aromatic heterocycles. The van der Waals surface area contributed by atoms with Gasteiger partial charge in [-0.1, -0.05) is 227 Å². The summed E-state index contributed by atoms with van der Waals surface area (Å²) in [5.41, 5.74) is 19.7. The molecular formula is C66H49N. The molecule has 0 saturated heterocycles. The van der Waals surface area contributed by atoms with Crippen LogP contribution >= 0.6 is 0 Å². The molecule has 0 aliphatic carbocycles. The second-order valence-electron chi connectivity index (χ2n) is 18.9. The van der Waals surface area contributed by atoms with Crippen LogP contribution in [0, 0.1) is 0 Å². The van der Waals surface area contributed by atoms with Crippen molar-refractivity contribution in [2.24, 2.45) is 0 Å². The Morgan fingerprint density at radius 2 is 0.567 bits per heavy atom. The fourth-order valence-electron chi connectivity index (χ4n) is 10.3. The Balaban J connectivity index is 0.864. The van der Waals surface area contributed by atoms with E-state index in [1.165, 1.54) is 121 Å². The van der Waals surface area contributed by atoms with Gasteiger partial charge in [-0.15, -0.1) is 0 Å². The third-order valence-corrected chi connectivity index (χ3v) is 13.8. The van der Waals surface area contributed by atoms with Crippen LogP contribution in [-0.2, 0) is 5.41 Å². The van der Waals surface area contributed by atoms with Crippen LogP contribution in [0.1, 0.15) is 26.3 Å². The molecule has 0 saturated carbocycles. The van der Waals surface area contributed by atoms with E-state index in [0.717, 1.165) is 0 Å². The second-order valence-corrected chi connectivity index (χ2v) is 18.9. The fraction of sp³-hybridized carbons (Fsp3) is 0.0606. The molecule has 0 amide bonds. The first kappa shape index (κ1) is 40.3. The topological polar surface area (TPSA) is 4.93 Å². The minimum Gasteiger partial charge on any atom is -0.309 e. The van der Waals surface area contributed by atoms with Gasteiger partial charge in [0.2, 0.25) is 0 Å². The molecule has 11 aromatic carbocycles. The van der Waals surface area contributed by atoms with Crippen molar-refractivity contribution < 1.29 is 0 Å². The highest BCUT2D eigenvalue weighted by atomic mass is 15.0. The van der Waals surface area contributed by atoms with Crippen molar-refractivity contribution in [3.8, 4) is 72.4 Å². The molecule has 0 atom stereocenters. The predicted molar refractivity (Wildman–Crippen MR) is 287 cm³/mol. The van der Waals surface area contributed by atoms with Crippen LogP contribution in [0.5, 0.6) is 0 Å². The first-order chi connectivity index (χ1) is 32.9. The van der Waals surface area contributed by atoms with Crippen LogP contribution in [0.3, 0.4) is 0 Å². The Kier molecular flexibility index (Phi) is 9.81. The Morgan fingerprint density at radius 3 is 0.985 bits per heavy atom. The summed E-state index contributed by atoms with van der Waals surface area (Å²) in [4.78, 5) is 0. The van der Waals surface area contributed by atoms with Crippen molar-refractivity contribution in [2.45, 2.75) is 26.2 Å². The van der Waals surface area contributed by atoms with Crippen LogP contribution in [0.15, 0.2) is 243 Å². The summed E-state index contributed by atoms with van der Waals surface area (Å²) in [6.07, 6.45) is 0. The number of rotatable bonds is 7. The van der Waals surface area contributed by atoms with Crippen molar-refractivity contribution >= 4 is 43.4 Å². The maximum absolute atomic E-state index is 2.40. The van der Waals surface area contributed by atoms with Crippen LogP contribution < -0.4 is 0 Å². The van der Waals surface area contributed by atoms with Crippen molar-refractivity contribution in [3.63, 3.8) is 0 Å². The van der Waals surface area contributed by atoms with Crippen molar-refractivity contribution in [3.05, 3.63) is 248 Å². The summed E-state index contributed by atoms with van der Waals surface area (Å²) < 4.78 is 2.40. The van der Waals surface area contributed by atoms with Crippen LogP contribution in [0.2, 0.25) is 0 Å². The van der Waals surface area contributed by atoms with Crippen molar-refractivity contribution in [1.29, 1.82) is 0 Å². The fourth-order valence-corrected chi connectivity index (χ4v) is 10.3. The van der Waals surface area contributed by atoms with Gasteiger partial charge >= 0.3 is 0 Å². The van der Waals surface area contributed by atoms with E-state index in [-0.39, 0.29) is 5.41 Å². The monoisotopic (exact) mass is 855 g/mol. The van der Waals surface area contributed by atoms with Crippen molar-refractivity contribution in [1.82, 2.24) is 4.57 Å². The Hall–Kier alpha value is -8.26. The third-order valence-electron chi connectivity index (χ3n) is 13.8. The second kappa shape index (κ2) is 16.3. The summed E-state index contributed by atoms with van der Waals surface area (Å²) in [6, 6.07) is 89.3. The quantitative estimate of drug-likeness (QED) is 0.141. The van der Waals surface area contributed by atoms with Crippen molar-refractivity contribution in [2.75, 3.05) is 0 Å². The SMILES string of the molecule is CC(C)(C)c1ccc2c(c1)c1cc(-c3ccc(-c4ccc(-c5c6ccccc6c(-c6ccc(-c7ccc(-c8ccccc8)cc7)cc6)c6ccccc56)cc4)cc3)ccc1n2-c1ccccc1. The number of benzene rings is 11. The standard InChI is InChI=1S/C66H49N/c1-66(2,3)54-39-41-63-61(43-54)60-42-53(38-40-62(60)67(63)55-16-8-5-9-17-55)50-28-26-47(27-29-50)49-32-36-52(37-33-49)65-58-20-12-10-18-56(58)64(57-19-11-13-21-59(57)65)51-34-30-48(31-35-51)46-24-22-45(23-25-46)44-14-6-4-7-15-44/h4-43H,1-3H3. The lowest BCUT2D eigenvalue weighted by molar-refractivity contribution is 0.591. The average molecular weight is 856 g/mol. The number of nitrogens with zero attached hydrogens (tertiary/aromatic N) is 1. The molecule has 12 rings (SSSR count). The zero-order chi connectivity index (χ0) is 45.1. The molecule has 1 heteroatoms. The highest BCUT2D eigenvalue weighted by Crippen LogP contribution is 2.45. The number of hydrogen-bond donors (Lipinski definition) is 0. The molecule has 318 valence electrons. The van der Waals surface area contributed by atoms with Gasteiger partial charge in [0, 0.05) is 16.5 Å². The molecular weight excluding hydrogens is 807 g/mol. The Morgan fingerprint density at radius 1 is 0.254 bits per heavy atom. The molecule has 0 aliphatic heterocycles. The van der Waals surface area contributed by atoms with Crippen LogP contribution in [0.25, 0.3) is 116 Å². The Labute approximate surface area is 392 Å². The highest BCUT2D eigenvalue weighted by molar-refractivity contribution is 6.21. The normalized spacial score (nSPS) is 11.8. The molecule has 0 N–H and O–H groups in total. The molecule has 0 radical (unpaired) electrons. The third kappa shape index (κ3) is 7.21. The van der Waals surface area contributed by atoms with Gasteiger partial charge in [0.1, 0.15) is 0 Å². The highest BCUT2D eigenvalue weighted by Gasteiger charge is 2.20. The van der Waals surface area contributed by atoms with Gasteiger partial charge in [0.15, 0.2) is 0 Å². The van der Waals surface area contributed by atoms with Gasteiger partial charge in [-0.3, -0.25) is 0 Å². The first-order valence-electron chi connectivity index (χ1n) is 23.4. The molecule has 67 heavy (non-hydrogen) atoms. The summed E-state index contributed by atoms with van der Waals surface area (Å²) >= 11 is 0. The summed E-state index contributed by atoms with van der Waals surface area (Å²) in [7, 11) is 0. The molecule has 0 bridgehead atoms.